The number of amides is 2. The van der Waals surface area contributed by atoms with Gasteiger partial charge in [-0.3, -0.25) is 19.3 Å². The molecule has 4 aliphatic carbocycles. The van der Waals surface area contributed by atoms with Gasteiger partial charge in [0.05, 0.1) is 88.8 Å². The number of benzene rings is 2. The first-order chi connectivity index (χ1) is 31.5. The summed E-state index contributed by atoms with van der Waals surface area (Å²) in [5, 5.41) is 33.8. The first-order valence-electron chi connectivity index (χ1n) is 24.1. The summed E-state index contributed by atoms with van der Waals surface area (Å²) in [7, 11) is 0. The molecule has 2 N–H and O–H groups in total. The van der Waals surface area contributed by atoms with Gasteiger partial charge in [-0.2, -0.15) is 0 Å². The van der Waals surface area contributed by atoms with Gasteiger partial charge in [0.2, 0.25) is 0 Å². The molecule has 15 heteroatoms. The zero-order valence-corrected chi connectivity index (χ0v) is 38.0. The molecule has 7 fully saturated rings. The van der Waals surface area contributed by atoms with Crippen LogP contribution in [0.2, 0.25) is 0 Å². The highest BCUT2D eigenvalue weighted by Gasteiger charge is 2.81. The predicted octanol–water partition coefficient (Wildman–Crippen LogP) is 5.14. The minimum atomic E-state index is -1.15. The summed E-state index contributed by atoms with van der Waals surface area (Å²) < 4.78 is 32.3. The zero-order valence-electron chi connectivity index (χ0n) is 38.0. The van der Waals surface area contributed by atoms with Crippen LogP contribution in [0.5, 0.6) is 0 Å². The second-order valence-electron chi connectivity index (χ2n) is 20.3. The number of piperidine rings is 1. The molecule has 8 aliphatic rings. The molecule has 3 saturated heterocycles. The fraction of sp³-hybridized carbons (Fsp3) is 0.660. The highest BCUT2D eigenvalue weighted by Crippen LogP contribution is 2.75. The highest BCUT2D eigenvalue weighted by atomic mass is 16.7. The molecule has 0 unspecified atom stereocenters. The third-order valence-electron chi connectivity index (χ3n) is 16.5. The SMILES string of the molecule is C=C1C(=O)[C@]23[C@H](O)[C@H]1C[C@H](O)[C@H]2[C@]12CCCC(C)(C)[C@H]1C[C@H]3O[C@H]2OCCCc1cn(CCOCCOCCOCCN2C(=O)c3cccc4c(N5CCCCC5)ccc(c34)C2=O)nn1. The van der Waals surface area contributed by atoms with E-state index in [9.17, 15) is 24.6 Å². The van der Waals surface area contributed by atoms with Crippen LogP contribution in [-0.2, 0) is 41.4 Å². The second kappa shape index (κ2) is 17.9. The fourth-order valence-electron chi connectivity index (χ4n) is 13.7. The topological polar surface area (TPSA) is 175 Å². The minimum Gasteiger partial charge on any atom is -0.393 e. The van der Waals surface area contributed by atoms with Crippen molar-refractivity contribution in [2.45, 2.75) is 109 Å². The molecule has 3 aromatic rings. The molecule has 5 heterocycles. The van der Waals surface area contributed by atoms with Crippen molar-refractivity contribution in [2.75, 3.05) is 70.8 Å². The zero-order chi connectivity index (χ0) is 45.1. The predicted molar refractivity (Wildman–Crippen MR) is 239 cm³/mol. The Kier molecular flexibility index (Phi) is 12.3. The van der Waals surface area contributed by atoms with Gasteiger partial charge in [0.25, 0.3) is 11.8 Å². The number of aromatic nitrogens is 3. The van der Waals surface area contributed by atoms with Gasteiger partial charge in [-0.15, -0.1) is 5.10 Å². The average molecular weight is 896 g/mol. The van der Waals surface area contributed by atoms with Crippen molar-refractivity contribution in [1.82, 2.24) is 19.9 Å². The number of carbonyl (C=O) groups is 3. The molecule has 2 amide bonds. The van der Waals surface area contributed by atoms with Crippen molar-refractivity contribution in [3.05, 3.63) is 65.5 Å². The second-order valence-corrected chi connectivity index (χ2v) is 20.3. The number of imide groups is 1. The number of rotatable bonds is 18. The van der Waals surface area contributed by atoms with Crippen LogP contribution in [0.3, 0.4) is 0 Å². The van der Waals surface area contributed by atoms with E-state index in [2.05, 4.69) is 35.6 Å². The normalized spacial score (nSPS) is 32.4. The molecule has 11 rings (SSSR count). The van der Waals surface area contributed by atoms with Crippen LogP contribution >= 0.6 is 0 Å². The molecule has 4 aliphatic heterocycles. The first-order valence-corrected chi connectivity index (χ1v) is 24.1. The number of aliphatic hydroxyl groups excluding tert-OH is 2. The summed E-state index contributed by atoms with van der Waals surface area (Å²) in [5.74, 6) is -1.34. The van der Waals surface area contributed by atoms with E-state index in [0.717, 1.165) is 67.3 Å². The molecule has 65 heavy (non-hydrogen) atoms. The van der Waals surface area contributed by atoms with Crippen LogP contribution in [-0.4, -0.2) is 138 Å². The summed E-state index contributed by atoms with van der Waals surface area (Å²) in [6.07, 6.45) is 7.92. The smallest absolute Gasteiger partial charge is 0.261 e. The quantitative estimate of drug-likeness (QED) is 0.0977. The molecule has 9 atom stereocenters. The number of aliphatic hydroxyl groups is 2. The van der Waals surface area contributed by atoms with Gasteiger partial charge in [0.1, 0.15) is 0 Å². The third-order valence-corrected chi connectivity index (χ3v) is 16.5. The largest absolute Gasteiger partial charge is 0.393 e. The first kappa shape index (κ1) is 44.7. The van der Waals surface area contributed by atoms with Crippen molar-refractivity contribution in [3.8, 4) is 0 Å². The maximum Gasteiger partial charge on any atom is 0.261 e. The molecule has 0 radical (unpaired) electrons. The van der Waals surface area contributed by atoms with Crippen LogP contribution in [0, 0.1) is 34.0 Å². The van der Waals surface area contributed by atoms with Crippen LogP contribution < -0.4 is 4.90 Å². The van der Waals surface area contributed by atoms with Crippen LogP contribution in [0.15, 0.2) is 48.7 Å². The lowest BCUT2D eigenvalue weighted by atomic mass is 9.37. The summed E-state index contributed by atoms with van der Waals surface area (Å²) >= 11 is 0. The van der Waals surface area contributed by atoms with E-state index < -0.39 is 47.3 Å². The Balaban J connectivity index is 0.622. The van der Waals surface area contributed by atoms with Gasteiger partial charge in [-0.05, 0) is 92.9 Å². The number of anilines is 1. The maximum absolute atomic E-state index is 14.0. The molecular weight excluding hydrogens is 831 g/mol. The van der Waals surface area contributed by atoms with Gasteiger partial charge in [-0.25, -0.2) is 4.68 Å². The van der Waals surface area contributed by atoms with Crippen molar-refractivity contribution >= 4 is 34.1 Å². The summed E-state index contributed by atoms with van der Waals surface area (Å²) in [5.41, 5.74) is 1.76. The Morgan fingerprint density at radius 2 is 1.57 bits per heavy atom. The molecule has 2 aromatic carbocycles. The summed E-state index contributed by atoms with van der Waals surface area (Å²) in [4.78, 5) is 44.6. The summed E-state index contributed by atoms with van der Waals surface area (Å²) in [6.45, 7) is 13.9. The van der Waals surface area contributed by atoms with Crippen molar-refractivity contribution in [2.24, 2.45) is 34.0 Å². The Labute approximate surface area is 380 Å². The molecule has 15 nitrogen and oxygen atoms in total. The van der Waals surface area contributed by atoms with E-state index in [-0.39, 0.29) is 42.1 Å². The van der Waals surface area contributed by atoms with Gasteiger partial charge < -0.3 is 38.8 Å². The fourth-order valence-corrected chi connectivity index (χ4v) is 13.7. The van der Waals surface area contributed by atoms with Crippen LogP contribution in [0.25, 0.3) is 10.8 Å². The number of hydrogen-bond donors (Lipinski definition) is 2. The number of ketones is 1. The number of hydrogen-bond acceptors (Lipinski definition) is 13. The maximum atomic E-state index is 14.0. The van der Waals surface area contributed by atoms with Crippen LogP contribution in [0.4, 0.5) is 5.69 Å². The lowest BCUT2D eigenvalue weighted by molar-refractivity contribution is -0.402. The molecule has 350 valence electrons. The number of aryl methyl sites for hydroxylation is 1. The highest BCUT2D eigenvalue weighted by molar-refractivity contribution is 6.26. The summed E-state index contributed by atoms with van der Waals surface area (Å²) in [6, 6.07) is 9.64. The lowest BCUT2D eigenvalue weighted by Crippen LogP contribution is -2.78. The van der Waals surface area contributed by atoms with Gasteiger partial charge >= 0.3 is 0 Å². The molecule has 1 aromatic heterocycles. The van der Waals surface area contributed by atoms with E-state index in [1.165, 1.54) is 11.3 Å². The number of carbonyl (C=O) groups excluding carboxylic acids is 3. The van der Waals surface area contributed by atoms with E-state index in [0.29, 0.717) is 88.6 Å². The van der Waals surface area contributed by atoms with Crippen LogP contribution in [0.1, 0.15) is 98.0 Å². The van der Waals surface area contributed by atoms with Gasteiger partial charge in [-0.1, -0.05) is 44.2 Å². The Morgan fingerprint density at radius 1 is 0.846 bits per heavy atom. The Bertz CT molecular complexity index is 2290. The molecular formula is C50H65N5O10. The van der Waals surface area contributed by atoms with Crippen molar-refractivity contribution < 1.29 is 48.3 Å². The molecule has 4 bridgehead atoms. The average Bonchev–Trinajstić information content (AvgIpc) is 3.80. The number of Topliss-reactive ketones (excluding diaryl/α,β-unsaturated/α-hetero) is 1. The monoisotopic (exact) mass is 895 g/mol. The third kappa shape index (κ3) is 7.39. The Hall–Kier alpha value is -4.09. The van der Waals surface area contributed by atoms with Crippen molar-refractivity contribution in [1.29, 1.82) is 0 Å². The molecule has 2 spiro atoms. The molecule has 4 saturated carbocycles. The van der Waals surface area contributed by atoms with E-state index >= 15 is 0 Å². The number of ether oxygens (including phenoxy) is 5. The van der Waals surface area contributed by atoms with E-state index in [4.69, 9.17) is 23.7 Å². The lowest BCUT2D eigenvalue weighted by Gasteiger charge is -2.72. The van der Waals surface area contributed by atoms with Crippen molar-refractivity contribution in [3.63, 3.8) is 0 Å². The van der Waals surface area contributed by atoms with Gasteiger partial charge in [0, 0.05) is 64.1 Å². The Morgan fingerprint density at radius 3 is 2.34 bits per heavy atom. The van der Waals surface area contributed by atoms with Gasteiger partial charge in [0.15, 0.2) is 12.1 Å². The van der Waals surface area contributed by atoms with E-state index in [1.807, 2.05) is 36.5 Å². The minimum absolute atomic E-state index is 0.0143. The number of nitrogens with zero attached hydrogens (tertiary/aromatic N) is 5. The number of fused-ring (bicyclic) bond motifs is 2. The van der Waals surface area contributed by atoms with E-state index in [1.54, 1.807) is 4.68 Å². The standard InChI is InChI=1S/C50H65N5O10/c1-31-36-28-38(56)42-49-16-9-15-48(2,3)39(49)29-40(50(42,43(31)57)44(36)58)65-47(49)64-21-8-10-32-30-54(52-51-32)19-22-61-24-26-63-27-25-62-23-20-55-45(59)34-12-7-11-33-37(53-17-5-4-6-18-53)14-13-35(41(33)34)46(55)60/h7,11-14,30,36,38-40,42,44,47,56,58H,1,4-6,8-10,15-29H2,2-3H3/t36-,38-,39+,40+,42-,44+,47+,49-,50+/m0/s1.